The van der Waals surface area contributed by atoms with Gasteiger partial charge < -0.3 is 0 Å². The standard InChI is InChI=1S/C24H20N2OS/c1-3-8-21-25-23-22(24(27)26(21)15-4-2)20(16-28-23)19-13-11-18(12-14-19)17-9-6-5-7-10-17/h2,5-7,9-14,16H,3,8,15H2,1H3. The van der Waals surface area contributed by atoms with Crippen molar-refractivity contribution in [2.75, 3.05) is 0 Å². The largest absolute Gasteiger partial charge is 0.284 e. The van der Waals surface area contributed by atoms with Crippen molar-refractivity contribution in [1.29, 1.82) is 0 Å². The van der Waals surface area contributed by atoms with Gasteiger partial charge in [-0.15, -0.1) is 17.8 Å². The normalized spacial score (nSPS) is 10.9. The molecule has 0 aliphatic heterocycles. The number of fused-ring (bicyclic) bond motifs is 1. The summed E-state index contributed by atoms with van der Waals surface area (Å²) in [6.07, 6.45) is 7.16. The van der Waals surface area contributed by atoms with E-state index in [4.69, 9.17) is 11.4 Å². The molecule has 0 saturated carbocycles. The summed E-state index contributed by atoms with van der Waals surface area (Å²) in [5.41, 5.74) is 4.21. The number of aromatic nitrogens is 2. The molecule has 0 N–H and O–H groups in total. The fourth-order valence-corrected chi connectivity index (χ4v) is 4.38. The van der Waals surface area contributed by atoms with Crippen molar-refractivity contribution in [3.63, 3.8) is 0 Å². The molecule has 0 bridgehead atoms. The SMILES string of the molecule is C#CCn1c(CCC)nc2scc(-c3ccc(-c4ccccc4)cc3)c2c1=O. The van der Waals surface area contributed by atoms with Gasteiger partial charge in [0.05, 0.1) is 11.9 Å². The van der Waals surface area contributed by atoms with Gasteiger partial charge in [0.2, 0.25) is 0 Å². The molecule has 4 rings (SSSR count). The monoisotopic (exact) mass is 384 g/mol. The van der Waals surface area contributed by atoms with Crippen LogP contribution in [0.1, 0.15) is 19.2 Å². The summed E-state index contributed by atoms with van der Waals surface area (Å²) in [7, 11) is 0. The maximum atomic E-state index is 13.2. The molecule has 0 aliphatic rings. The Labute approximate surface area is 168 Å². The zero-order valence-electron chi connectivity index (χ0n) is 15.7. The first-order chi connectivity index (χ1) is 13.7. The first-order valence-electron chi connectivity index (χ1n) is 9.33. The number of rotatable bonds is 5. The number of nitrogens with zero attached hydrogens (tertiary/aromatic N) is 2. The van der Waals surface area contributed by atoms with Crippen LogP contribution in [0, 0.1) is 12.3 Å². The molecule has 2 aromatic carbocycles. The zero-order chi connectivity index (χ0) is 19.5. The molecule has 0 saturated heterocycles. The van der Waals surface area contributed by atoms with E-state index in [9.17, 15) is 4.79 Å². The molecule has 4 heteroatoms. The third-order valence-corrected chi connectivity index (χ3v) is 5.67. The van der Waals surface area contributed by atoms with E-state index in [-0.39, 0.29) is 12.1 Å². The lowest BCUT2D eigenvalue weighted by Gasteiger charge is -2.10. The molecule has 0 fully saturated rings. The van der Waals surface area contributed by atoms with Crippen LogP contribution in [0.5, 0.6) is 0 Å². The highest BCUT2D eigenvalue weighted by Gasteiger charge is 2.16. The van der Waals surface area contributed by atoms with Gasteiger partial charge in [0.25, 0.3) is 5.56 Å². The number of terminal acetylenes is 1. The Morgan fingerprint density at radius 2 is 1.71 bits per heavy atom. The Morgan fingerprint density at radius 3 is 2.39 bits per heavy atom. The average molecular weight is 385 g/mol. The minimum Gasteiger partial charge on any atom is -0.284 e. The highest BCUT2D eigenvalue weighted by Crippen LogP contribution is 2.32. The Hall–Kier alpha value is -3.16. The van der Waals surface area contributed by atoms with E-state index in [1.165, 1.54) is 16.9 Å². The van der Waals surface area contributed by atoms with E-state index in [0.717, 1.165) is 40.2 Å². The molecule has 2 aromatic heterocycles. The fourth-order valence-electron chi connectivity index (χ4n) is 3.42. The summed E-state index contributed by atoms with van der Waals surface area (Å²) in [5, 5.41) is 2.68. The molecular formula is C24H20N2OS. The third-order valence-electron chi connectivity index (χ3n) is 4.80. The van der Waals surface area contributed by atoms with Crippen LogP contribution < -0.4 is 5.56 Å². The predicted molar refractivity (Wildman–Crippen MR) is 118 cm³/mol. The van der Waals surface area contributed by atoms with Crippen LogP contribution >= 0.6 is 11.3 Å². The topological polar surface area (TPSA) is 34.9 Å². The number of hydrogen-bond acceptors (Lipinski definition) is 3. The molecule has 2 heterocycles. The van der Waals surface area contributed by atoms with Crippen LogP contribution in [0.15, 0.2) is 64.8 Å². The van der Waals surface area contributed by atoms with Gasteiger partial charge in [-0.1, -0.05) is 67.4 Å². The van der Waals surface area contributed by atoms with E-state index in [1.54, 1.807) is 4.57 Å². The van der Waals surface area contributed by atoms with Crippen molar-refractivity contribution in [2.24, 2.45) is 0 Å². The molecule has 0 amide bonds. The van der Waals surface area contributed by atoms with E-state index >= 15 is 0 Å². The van der Waals surface area contributed by atoms with Crippen molar-refractivity contribution in [3.8, 4) is 34.6 Å². The fraction of sp³-hybridized carbons (Fsp3) is 0.167. The van der Waals surface area contributed by atoms with Gasteiger partial charge in [-0.25, -0.2) is 4.98 Å². The van der Waals surface area contributed by atoms with Crippen molar-refractivity contribution in [3.05, 3.63) is 76.2 Å². The first kappa shape index (κ1) is 18.2. The summed E-state index contributed by atoms with van der Waals surface area (Å²) in [6.45, 7) is 2.32. The van der Waals surface area contributed by atoms with Crippen molar-refractivity contribution in [1.82, 2.24) is 9.55 Å². The maximum absolute atomic E-state index is 13.2. The molecule has 0 atom stereocenters. The third kappa shape index (κ3) is 3.26. The lowest BCUT2D eigenvalue weighted by atomic mass is 10.0. The Balaban J connectivity index is 1.82. The van der Waals surface area contributed by atoms with E-state index < -0.39 is 0 Å². The molecule has 3 nitrogen and oxygen atoms in total. The van der Waals surface area contributed by atoms with E-state index in [1.807, 2.05) is 23.6 Å². The molecule has 0 spiro atoms. The minimum absolute atomic E-state index is 0.0465. The van der Waals surface area contributed by atoms with Gasteiger partial charge in [0, 0.05) is 17.4 Å². The van der Waals surface area contributed by atoms with Crippen LogP contribution in [-0.2, 0) is 13.0 Å². The Bertz CT molecular complexity index is 1210. The second-order valence-electron chi connectivity index (χ2n) is 6.65. The molecular weight excluding hydrogens is 364 g/mol. The Morgan fingerprint density at radius 1 is 1.04 bits per heavy atom. The number of hydrogen-bond donors (Lipinski definition) is 0. The molecule has 4 aromatic rings. The molecule has 28 heavy (non-hydrogen) atoms. The van der Waals surface area contributed by atoms with Gasteiger partial charge in [-0.2, -0.15) is 0 Å². The summed E-state index contributed by atoms with van der Waals surface area (Å²) >= 11 is 1.51. The van der Waals surface area contributed by atoms with Gasteiger partial charge in [0.1, 0.15) is 10.7 Å². The van der Waals surface area contributed by atoms with Crippen molar-refractivity contribution < 1.29 is 0 Å². The quantitative estimate of drug-likeness (QED) is 0.433. The predicted octanol–water partition coefficient (Wildman–Crippen LogP) is 5.38. The first-order valence-corrected chi connectivity index (χ1v) is 10.2. The maximum Gasteiger partial charge on any atom is 0.263 e. The second kappa shape index (κ2) is 7.84. The smallest absolute Gasteiger partial charge is 0.263 e. The van der Waals surface area contributed by atoms with E-state index in [2.05, 4.69) is 49.2 Å². The van der Waals surface area contributed by atoms with E-state index in [0.29, 0.717) is 5.39 Å². The number of aryl methyl sites for hydroxylation is 1. The highest BCUT2D eigenvalue weighted by molar-refractivity contribution is 7.17. The molecule has 138 valence electrons. The van der Waals surface area contributed by atoms with Gasteiger partial charge in [0.15, 0.2) is 0 Å². The van der Waals surface area contributed by atoms with Crippen LogP contribution in [-0.4, -0.2) is 9.55 Å². The van der Waals surface area contributed by atoms with Crippen LogP contribution in [0.2, 0.25) is 0 Å². The van der Waals surface area contributed by atoms with Crippen LogP contribution in [0.3, 0.4) is 0 Å². The number of benzene rings is 2. The highest BCUT2D eigenvalue weighted by atomic mass is 32.1. The van der Waals surface area contributed by atoms with Crippen molar-refractivity contribution in [2.45, 2.75) is 26.3 Å². The van der Waals surface area contributed by atoms with Gasteiger partial charge >= 0.3 is 0 Å². The summed E-state index contributed by atoms with van der Waals surface area (Å²) in [6, 6.07) is 18.6. The lowest BCUT2D eigenvalue weighted by molar-refractivity contribution is 0.686. The summed E-state index contributed by atoms with van der Waals surface area (Å²) in [5.74, 6) is 3.36. The van der Waals surface area contributed by atoms with Gasteiger partial charge in [-0.05, 0) is 23.1 Å². The van der Waals surface area contributed by atoms with Crippen LogP contribution in [0.25, 0.3) is 32.5 Å². The number of thiophene rings is 1. The average Bonchev–Trinajstić information content (AvgIpc) is 3.16. The molecule has 0 unspecified atom stereocenters. The van der Waals surface area contributed by atoms with Crippen molar-refractivity contribution >= 4 is 21.6 Å². The lowest BCUT2D eigenvalue weighted by Crippen LogP contribution is -2.24. The Kier molecular flexibility index (Phi) is 5.10. The van der Waals surface area contributed by atoms with Gasteiger partial charge in [-0.3, -0.25) is 9.36 Å². The molecule has 0 radical (unpaired) electrons. The zero-order valence-corrected chi connectivity index (χ0v) is 16.5. The summed E-state index contributed by atoms with van der Waals surface area (Å²) < 4.78 is 1.64. The summed E-state index contributed by atoms with van der Waals surface area (Å²) in [4.78, 5) is 18.7. The van der Waals surface area contributed by atoms with Crippen LogP contribution in [0.4, 0.5) is 0 Å². The molecule has 0 aliphatic carbocycles. The minimum atomic E-state index is -0.0465. The second-order valence-corrected chi connectivity index (χ2v) is 7.50.